The van der Waals surface area contributed by atoms with E-state index in [1.165, 1.54) is 6.07 Å². The van der Waals surface area contributed by atoms with Crippen molar-refractivity contribution in [3.63, 3.8) is 0 Å². The van der Waals surface area contributed by atoms with Crippen molar-refractivity contribution in [3.05, 3.63) is 22.2 Å². The molecule has 2 N–H and O–H groups in total. The SMILES string of the molecule is CNCCCN(C)c1cc(=O)[nH]c(C)n1. The highest BCUT2D eigenvalue weighted by molar-refractivity contribution is 5.35. The maximum absolute atomic E-state index is 11.2. The van der Waals surface area contributed by atoms with Crippen LogP contribution in [0.1, 0.15) is 12.2 Å². The summed E-state index contributed by atoms with van der Waals surface area (Å²) in [5, 5.41) is 3.08. The highest BCUT2D eigenvalue weighted by atomic mass is 16.1. The van der Waals surface area contributed by atoms with Crippen molar-refractivity contribution in [2.24, 2.45) is 0 Å². The van der Waals surface area contributed by atoms with E-state index in [1.807, 2.05) is 19.0 Å². The lowest BCUT2D eigenvalue weighted by Gasteiger charge is -2.17. The normalized spacial score (nSPS) is 10.3. The van der Waals surface area contributed by atoms with E-state index in [9.17, 15) is 4.79 Å². The topological polar surface area (TPSA) is 61.0 Å². The fourth-order valence-electron chi connectivity index (χ4n) is 1.37. The molecular weight excluding hydrogens is 192 g/mol. The number of aromatic nitrogens is 2. The van der Waals surface area contributed by atoms with Crippen LogP contribution in [0.15, 0.2) is 10.9 Å². The molecular formula is C10H18N4O. The van der Waals surface area contributed by atoms with Crippen LogP contribution in [0, 0.1) is 6.92 Å². The Morgan fingerprint density at radius 1 is 1.60 bits per heavy atom. The first-order valence-electron chi connectivity index (χ1n) is 5.07. The molecule has 0 bridgehead atoms. The average molecular weight is 210 g/mol. The lowest BCUT2D eigenvalue weighted by atomic mass is 10.4. The van der Waals surface area contributed by atoms with Crippen LogP contribution in [0.5, 0.6) is 0 Å². The van der Waals surface area contributed by atoms with Crippen LogP contribution >= 0.6 is 0 Å². The second-order valence-corrected chi connectivity index (χ2v) is 3.57. The van der Waals surface area contributed by atoms with E-state index in [0.717, 1.165) is 25.3 Å². The van der Waals surface area contributed by atoms with Crippen LogP contribution < -0.4 is 15.8 Å². The van der Waals surface area contributed by atoms with Crippen molar-refractivity contribution in [3.8, 4) is 0 Å². The Labute approximate surface area is 89.5 Å². The molecule has 0 amide bonds. The number of hydrogen-bond acceptors (Lipinski definition) is 4. The van der Waals surface area contributed by atoms with Gasteiger partial charge in [-0.15, -0.1) is 0 Å². The van der Waals surface area contributed by atoms with Gasteiger partial charge < -0.3 is 15.2 Å². The number of nitrogens with zero attached hydrogens (tertiary/aromatic N) is 2. The molecule has 0 radical (unpaired) electrons. The second kappa shape index (κ2) is 5.50. The van der Waals surface area contributed by atoms with Gasteiger partial charge in [-0.1, -0.05) is 0 Å². The van der Waals surface area contributed by atoms with Crippen molar-refractivity contribution >= 4 is 5.82 Å². The molecule has 0 saturated carbocycles. The number of rotatable bonds is 5. The standard InChI is InChI=1S/C10H18N4O/c1-8-12-9(7-10(15)13-8)14(3)6-4-5-11-2/h7,11H,4-6H2,1-3H3,(H,12,13,15). The molecule has 1 heterocycles. The van der Waals surface area contributed by atoms with E-state index >= 15 is 0 Å². The fraction of sp³-hybridized carbons (Fsp3) is 0.600. The molecule has 5 nitrogen and oxygen atoms in total. The molecule has 0 fully saturated rings. The molecule has 0 aliphatic carbocycles. The molecule has 5 heteroatoms. The molecule has 0 saturated heterocycles. The van der Waals surface area contributed by atoms with Crippen LogP contribution in [-0.2, 0) is 0 Å². The van der Waals surface area contributed by atoms with Crippen LogP contribution in [-0.4, -0.2) is 37.2 Å². The molecule has 1 rings (SSSR count). The first kappa shape index (κ1) is 11.7. The minimum Gasteiger partial charge on any atom is -0.359 e. The first-order chi connectivity index (χ1) is 7.13. The third kappa shape index (κ3) is 3.71. The van der Waals surface area contributed by atoms with Gasteiger partial charge in [0.25, 0.3) is 5.56 Å². The molecule has 0 aromatic carbocycles. The number of aromatic amines is 1. The van der Waals surface area contributed by atoms with Crippen molar-refractivity contribution in [2.45, 2.75) is 13.3 Å². The molecule has 0 aliphatic rings. The van der Waals surface area contributed by atoms with Gasteiger partial charge in [0.1, 0.15) is 11.6 Å². The van der Waals surface area contributed by atoms with E-state index in [4.69, 9.17) is 0 Å². The summed E-state index contributed by atoms with van der Waals surface area (Å²) in [4.78, 5) is 20.1. The highest BCUT2D eigenvalue weighted by Crippen LogP contribution is 2.04. The molecule has 0 atom stereocenters. The fourth-order valence-corrected chi connectivity index (χ4v) is 1.37. The molecule has 0 aliphatic heterocycles. The van der Waals surface area contributed by atoms with E-state index in [-0.39, 0.29) is 5.56 Å². The predicted octanol–water partition coefficient (Wildman–Crippen LogP) is 0.124. The summed E-state index contributed by atoms with van der Waals surface area (Å²) in [7, 11) is 3.87. The summed E-state index contributed by atoms with van der Waals surface area (Å²) in [6.45, 7) is 3.63. The number of aryl methyl sites for hydroxylation is 1. The van der Waals surface area contributed by atoms with Gasteiger partial charge in [-0.3, -0.25) is 4.79 Å². The molecule has 1 aromatic rings. The smallest absolute Gasteiger partial charge is 0.252 e. The zero-order valence-electron chi connectivity index (χ0n) is 9.50. The summed E-state index contributed by atoms with van der Waals surface area (Å²) >= 11 is 0. The molecule has 84 valence electrons. The summed E-state index contributed by atoms with van der Waals surface area (Å²) in [6, 6.07) is 1.52. The number of hydrogen-bond donors (Lipinski definition) is 2. The van der Waals surface area contributed by atoms with E-state index in [2.05, 4.69) is 15.3 Å². The van der Waals surface area contributed by atoms with Crippen molar-refractivity contribution < 1.29 is 0 Å². The van der Waals surface area contributed by atoms with Crippen LogP contribution in [0.25, 0.3) is 0 Å². The Hall–Kier alpha value is -1.36. The second-order valence-electron chi connectivity index (χ2n) is 3.57. The third-order valence-corrected chi connectivity index (χ3v) is 2.16. The average Bonchev–Trinajstić information content (AvgIpc) is 2.16. The Kier molecular flexibility index (Phi) is 4.30. The highest BCUT2D eigenvalue weighted by Gasteiger charge is 2.03. The zero-order chi connectivity index (χ0) is 11.3. The summed E-state index contributed by atoms with van der Waals surface area (Å²) in [5.41, 5.74) is -0.0991. The van der Waals surface area contributed by atoms with E-state index in [0.29, 0.717) is 5.82 Å². The minimum atomic E-state index is -0.0991. The molecule has 0 unspecified atom stereocenters. The molecule has 15 heavy (non-hydrogen) atoms. The zero-order valence-corrected chi connectivity index (χ0v) is 9.50. The van der Waals surface area contributed by atoms with Crippen molar-refractivity contribution in [1.82, 2.24) is 15.3 Å². The van der Waals surface area contributed by atoms with Gasteiger partial charge in [0.15, 0.2) is 0 Å². The molecule has 0 spiro atoms. The van der Waals surface area contributed by atoms with Crippen LogP contribution in [0.4, 0.5) is 5.82 Å². The van der Waals surface area contributed by atoms with Gasteiger partial charge in [0, 0.05) is 19.7 Å². The first-order valence-corrected chi connectivity index (χ1v) is 5.07. The largest absolute Gasteiger partial charge is 0.359 e. The number of nitrogens with one attached hydrogen (secondary N) is 2. The van der Waals surface area contributed by atoms with Gasteiger partial charge in [-0.05, 0) is 26.9 Å². The van der Waals surface area contributed by atoms with E-state index in [1.54, 1.807) is 6.92 Å². The molecule has 1 aromatic heterocycles. The van der Waals surface area contributed by atoms with Crippen molar-refractivity contribution in [1.29, 1.82) is 0 Å². The predicted molar refractivity (Wildman–Crippen MR) is 61.4 cm³/mol. The summed E-state index contributed by atoms with van der Waals surface area (Å²) < 4.78 is 0. The number of H-pyrrole nitrogens is 1. The van der Waals surface area contributed by atoms with Crippen LogP contribution in [0.3, 0.4) is 0 Å². The minimum absolute atomic E-state index is 0.0991. The Balaban J connectivity index is 2.64. The van der Waals surface area contributed by atoms with Crippen molar-refractivity contribution in [2.75, 3.05) is 32.1 Å². The lowest BCUT2D eigenvalue weighted by molar-refractivity contribution is 0.707. The summed E-state index contributed by atoms with van der Waals surface area (Å²) in [5.74, 6) is 1.38. The van der Waals surface area contributed by atoms with Gasteiger partial charge in [-0.25, -0.2) is 4.98 Å². The summed E-state index contributed by atoms with van der Waals surface area (Å²) in [6.07, 6.45) is 1.03. The Bertz CT molecular complexity index is 361. The number of anilines is 1. The lowest BCUT2D eigenvalue weighted by Crippen LogP contribution is -2.25. The van der Waals surface area contributed by atoms with Gasteiger partial charge in [0.05, 0.1) is 0 Å². The Morgan fingerprint density at radius 2 is 2.33 bits per heavy atom. The maximum atomic E-state index is 11.2. The Morgan fingerprint density at radius 3 is 2.93 bits per heavy atom. The monoisotopic (exact) mass is 210 g/mol. The maximum Gasteiger partial charge on any atom is 0.252 e. The van der Waals surface area contributed by atoms with Gasteiger partial charge in [0.2, 0.25) is 0 Å². The van der Waals surface area contributed by atoms with Crippen LogP contribution in [0.2, 0.25) is 0 Å². The third-order valence-electron chi connectivity index (χ3n) is 2.16. The van der Waals surface area contributed by atoms with Gasteiger partial charge >= 0.3 is 0 Å². The quantitative estimate of drug-likeness (QED) is 0.678. The van der Waals surface area contributed by atoms with Gasteiger partial charge in [-0.2, -0.15) is 0 Å². The van der Waals surface area contributed by atoms with E-state index < -0.39 is 0 Å².